The van der Waals surface area contributed by atoms with Crippen LogP contribution in [0.3, 0.4) is 0 Å². The van der Waals surface area contributed by atoms with Gasteiger partial charge in [-0.05, 0) is 19.1 Å². The zero-order valence-corrected chi connectivity index (χ0v) is 12.1. The molecule has 100 valence electrons. The van der Waals surface area contributed by atoms with Gasteiger partial charge in [-0.25, -0.2) is 9.37 Å². The second-order valence-corrected chi connectivity index (χ2v) is 4.88. The third-order valence-electron chi connectivity index (χ3n) is 2.36. The third kappa shape index (κ3) is 3.19. The SMILES string of the molecule is Cc1nc(Oc2cc(Br)cc(F)c2F)ncc1CCl. The zero-order chi connectivity index (χ0) is 14.0. The van der Waals surface area contributed by atoms with Crippen molar-refractivity contribution < 1.29 is 13.5 Å². The number of rotatable bonds is 3. The smallest absolute Gasteiger partial charge is 0.322 e. The minimum atomic E-state index is -1.09. The number of benzene rings is 1. The maximum Gasteiger partial charge on any atom is 0.322 e. The highest BCUT2D eigenvalue weighted by Gasteiger charge is 2.14. The molecule has 2 rings (SSSR count). The van der Waals surface area contributed by atoms with Gasteiger partial charge in [0.25, 0.3) is 0 Å². The molecule has 0 N–H and O–H groups in total. The van der Waals surface area contributed by atoms with E-state index < -0.39 is 11.6 Å². The first-order valence-electron chi connectivity index (χ1n) is 5.22. The summed E-state index contributed by atoms with van der Waals surface area (Å²) in [6, 6.07) is 2.24. The van der Waals surface area contributed by atoms with E-state index in [4.69, 9.17) is 16.3 Å². The van der Waals surface area contributed by atoms with Crippen molar-refractivity contribution in [2.75, 3.05) is 0 Å². The molecule has 0 aliphatic rings. The van der Waals surface area contributed by atoms with Crippen LogP contribution in [-0.4, -0.2) is 9.97 Å². The number of alkyl halides is 1. The van der Waals surface area contributed by atoms with Crippen molar-refractivity contribution in [2.45, 2.75) is 12.8 Å². The Bertz CT molecular complexity index is 625. The lowest BCUT2D eigenvalue weighted by atomic mass is 10.3. The summed E-state index contributed by atoms with van der Waals surface area (Å²) in [7, 11) is 0. The molecule has 0 aliphatic carbocycles. The molecule has 0 saturated heterocycles. The van der Waals surface area contributed by atoms with Gasteiger partial charge in [0.2, 0.25) is 5.82 Å². The maximum absolute atomic E-state index is 13.5. The van der Waals surface area contributed by atoms with Gasteiger partial charge >= 0.3 is 6.01 Å². The molecule has 0 aliphatic heterocycles. The average Bonchev–Trinajstić information content (AvgIpc) is 2.35. The lowest BCUT2D eigenvalue weighted by molar-refractivity contribution is 0.391. The summed E-state index contributed by atoms with van der Waals surface area (Å²) >= 11 is 8.73. The van der Waals surface area contributed by atoms with E-state index in [0.29, 0.717) is 10.2 Å². The molecule has 19 heavy (non-hydrogen) atoms. The molecule has 0 amide bonds. The fourth-order valence-corrected chi connectivity index (χ4v) is 2.03. The van der Waals surface area contributed by atoms with Crippen LogP contribution in [0, 0.1) is 18.6 Å². The molecule has 3 nitrogen and oxygen atoms in total. The van der Waals surface area contributed by atoms with E-state index in [-0.39, 0.29) is 17.6 Å². The zero-order valence-electron chi connectivity index (χ0n) is 9.75. The minimum absolute atomic E-state index is 0.0669. The third-order valence-corrected chi connectivity index (χ3v) is 3.11. The first kappa shape index (κ1) is 14.1. The first-order valence-corrected chi connectivity index (χ1v) is 6.55. The van der Waals surface area contributed by atoms with Gasteiger partial charge in [-0.2, -0.15) is 9.37 Å². The molecular formula is C12H8BrClF2N2O. The quantitative estimate of drug-likeness (QED) is 0.610. The van der Waals surface area contributed by atoms with Crippen molar-refractivity contribution in [2.24, 2.45) is 0 Å². The van der Waals surface area contributed by atoms with Gasteiger partial charge in [0.05, 0.1) is 5.88 Å². The van der Waals surface area contributed by atoms with Crippen molar-refractivity contribution in [3.63, 3.8) is 0 Å². The van der Waals surface area contributed by atoms with Crippen LogP contribution in [0.2, 0.25) is 0 Å². The first-order chi connectivity index (χ1) is 9.01. The van der Waals surface area contributed by atoms with E-state index in [1.54, 1.807) is 6.92 Å². The van der Waals surface area contributed by atoms with Crippen LogP contribution in [0.15, 0.2) is 22.8 Å². The Morgan fingerprint density at radius 3 is 2.74 bits per heavy atom. The van der Waals surface area contributed by atoms with Gasteiger partial charge in [-0.1, -0.05) is 15.9 Å². The van der Waals surface area contributed by atoms with Crippen LogP contribution < -0.4 is 4.74 Å². The normalized spacial score (nSPS) is 10.6. The molecule has 1 heterocycles. The largest absolute Gasteiger partial charge is 0.421 e. The molecule has 0 bridgehead atoms. The predicted molar refractivity (Wildman–Crippen MR) is 70.5 cm³/mol. The Kier molecular flexibility index (Phi) is 4.31. The highest BCUT2D eigenvalue weighted by molar-refractivity contribution is 9.10. The van der Waals surface area contributed by atoms with Crippen LogP contribution in [0.25, 0.3) is 0 Å². The molecule has 0 fully saturated rings. The van der Waals surface area contributed by atoms with Crippen LogP contribution in [0.1, 0.15) is 11.3 Å². The van der Waals surface area contributed by atoms with E-state index in [9.17, 15) is 8.78 Å². The topological polar surface area (TPSA) is 35.0 Å². The molecule has 2 aromatic rings. The van der Waals surface area contributed by atoms with Crippen molar-refractivity contribution >= 4 is 27.5 Å². The maximum atomic E-state index is 13.5. The van der Waals surface area contributed by atoms with Gasteiger partial charge in [-0.3, -0.25) is 0 Å². The summed E-state index contributed by atoms with van der Waals surface area (Å²) in [4.78, 5) is 7.90. The van der Waals surface area contributed by atoms with Gasteiger partial charge in [0, 0.05) is 21.9 Å². The summed E-state index contributed by atoms with van der Waals surface area (Å²) in [6.07, 6.45) is 1.48. The Hall–Kier alpha value is -1.27. The Balaban J connectivity index is 2.33. The lowest BCUT2D eigenvalue weighted by Gasteiger charge is -2.08. The average molecular weight is 350 g/mol. The highest BCUT2D eigenvalue weighted by atomic mass is 79.9. The van der Waals surface area contributed by atoms with E-state index in [0.717, 1.165) is 11.6 Å². The van der Waals surface area contributed by atoms with E-state index in [1.165, 1.54) is 12.3 Å². The van der Waals surface area contributed by atoms with Crippen LogP contribution >= 0.6 is 27.5 Å². The number of halogens is 4. The summed E-state index contributed by atoms with van der Waals surface area (Å²) in [6.45, 7) is 1.73. The van der Waals surface area contributed by atoms with E-state index >= 15 is 0 Å². The molecule has 0 saturated carbocycles. The molecule has 0 spiro atoms. The predicted octanol–water partition coefficient (Wildman–Crippen LogP) is 4.36. The molecule has 7 heteroatoms. The fourth-order valence-electron chi connectivity index (χ4n) is 1.36. The van der Waals surface area contributed by atoms with Crippen LogP contribution in [0.5, 0.6) is 11.8 Å². The Morgan fingerprint density at radius 2 is 2.11 bits per heavy atom. The second kappa shape index (κ2) is 5.79. The molecule has 0 unspecified atom stereocenters. The van der Waals surface area contributed by atoms with Gasteiger partial charge in [0.15, 0.2) is 11.6 Å². The number of hydrogen-bond donors (Lipinski definition) is 0. The number of aromatic nitrogens is 2. The summed E-state index contributed by atoms with van der Waals surface area (Å²) < 4.78 is 32.2. The molecular weight excluding hydrogens is 341 g/mol. The summed E-state index contributed by atoms with van der Waals surface area (Å²) in [5.41, 5.74) is 1.37. The van der Waals surface area contributed by atoms with Crippen LogP contribution in [-0.2, 0) is 5.88 Å². The number of hydrogen-bond acceptors (Lipinski definition) is 3. The van der Waals surface area contributed by atoms with Crippen molar-refractivity contribution in [3.8, 4) is 11.8 Å². The standard InChI is InChI=1S/C12H8BrClF2N2O/c1-6-7(4-14)5-17-12(18-6)19-10-3-8(13)2-9(15)11(10)16/h2-3,5H,4H2,1H3. The molecule has 1 aromatic heterocycles. The van der Waals surface area contributed by atoms with E-state index in [1.807, 2.05) is 0 Å². The lowest BCUT2D eigenvalue weighted by Crippen LogP contribution is -1.99. The van der Waals surface area contributed by atoms with Gasteiger partial charge in [-0.15, -0.1) is 11.6 Å². The molecule has 0 radical (unpaired) electrons. The number of ether oxygens (including phenoxy) is 1. The van der Waals surface area contributed by atoms with Crippen LogP contribution in [0.4, 0.5) is 8.78 Å². The number of nitrogens with zero attached hydrogens (tertiary/aromatic N) is 2. The van der Waals surface area contributed by atoms with Gasteiger partial charge < -0.3 is 4.74 Å². The number of aryl methyl sites for hydroxylation is 1. The summed E-state index contributed by atoms with van der Waals surface area (Å²) in [5.74, 6) is -2.12. The van der Waals surface area contributed by atoms with Crippen molar-refractivity contribution in [1.29, 1.82) is 0 Å². The molecule has 1 aromatic carbocycles. The van der Waals surface area contributed by atoms with E-state index in [2.05, 4.69) is 25.9 Å². The second-order valence-electron chi connectivity index (χ2n) is 3.70. The van der Waals surface area contributed by atoms with Crippen molar-refractivity contribution in [3.05, 3.63) is 45.7 Å². The Morgan fingerprint density at radius 1 is 1.37 bits per heavy atom. The minimum Gasteiger partial charge on any atom is -0.421 e. The molecule has 0 atom stereocenters. The van der Waals surface area contributed by atoms with Crippen molar-refractivity contribution in [1.82, 2.24) is 9.97 Å². The Labute approximate surface area is 121 Å². The monoisotopic (exact) mass is 348 g/mol. The summed E-state index contributed by atoms with van der Waals surface area (Å²) in [5, 5.41) is 0. The fraction of sp³-hybridized carbons (Fsp3) is 0.167. The van der Waals surface area contributed by atoms with Gasteiger partial charge in [0.1, 0.15) is 0 Å². The highest BCUT2D eigenvalue weighted by Crippen LogP contribution is 2.28.